The molecular formula is C9H22N2O2S. The Morgan fingerprint density at radius 3 is 2.21 bits per heavy atom. The van der Waals surface area contributed by atoms with Gasteiger partial charge in [-0.25, -0.2) is 8.42 Å². The molecule has 0 bridgehead atoms. The Morgan fingerprint density at radius 1 is 1.43 bits per heavy atom. The number of sulfone groups is 1. The molecule has 0 aromatic heterocycles. The summed E-state index contributed by atoms with van der Waals surface area (Å²) in [5.74, 6) is 5.38. The second-order valence-electron chi connectivity index (χ2n) is 4.24. The molecule has 0 radical (unpaired) electrons. The van der Waals surface area contributed by atoms with Crippen LogP contribution < -0.4 is 11.3 Å². The maximum absolute atomic E-state index is 11.5. The largest absolute Gasteiger partial charge is 0.271 e. The summed E-state index contributed by atoms with van der Waals surface area (Å²) in [6.07, 6.45) is 4.06. The minimum absolute atomic E-state index is 0.183. The van der Waals surface area contributed by atoms with Crippen LogP contribution in [-0.4, -0.2) is 25.5 Å². The maximum atomic E-state index is 11.5. The van der Waals surface area contributed by atoms with E-state index < -0.39 is 14.6 Å². The molecule has 0 fully saturated rings. The normalized spacial score (nSPS) is 15.5. The highest BCUT2D eigenvalue weighted by molar-refractivity contribution is 7.92. The van der Waals surface area contributed by atoms with Crippen LogP contribution in [0.3, 0.4) is 0 Å². The third-order valence-electron chi connectivity index (χ3n) is 2.84. The van der Waals surface area contributed by atoms with Gasteiger partial charge in [-0.3, -0.25) is 11.3 Å². The first-order chi connectivity index (χ1) is 6.27. The van der Waals surface area contributed by atoms with E-state index in [1.807, 2.05) is 0 Å². The molecule has 4 nitrogen and oxygen atoms in total. The number of hydrazine groups is 1. The zero-order valence-corrected chi connectivity index (χ0v) is 10.3. The van der Waals surface area contributed by atoms with Crippen molar-refractivity contribution in [1.82, 2.24) is 5.43 Å². The van der Waals surface area contributed by atoms with Crippen molar-refractivity contribution in [2.75, 3.05) is 6.26 Å². The van der Waals surface area contributed by atoms with Gasteiger partial charge in [0, 0.05) is 12.3 Å². The molecule has 0 spiro atoms. The van der Waals surface area contributed by atoms with E-state index in [-0.39, 0.29) is 6.04 Å². The molecule has 3 N–H and O–H groups in total. The number of rotatable bonds is 6. The van der Waals surface area contributed by atoms with Gasteiger partial charge in [0.25, 0.3) is 0 Å². The summed E-state index contributed by atoms with van der Waals surface area (Å²) in [6, 6.07) is -0.183. The molecule has 0 saturated heterocycles. The molecule has 0 heterocycles. The van der Waals surface area contributed by atoms with Crippen LogP contribution in [-0.2, 0) is 9.84 Å². The lowest BCUT2D eigenvalue weighted by Gasteiger charge is -2.32. The highest BCUT2D eigenvalue weighted by Gasteiger charge is 2.37. The minimum atomic E-state index is -3.09. The molecule has 0 aromatic rings. The van der Waals surface area contributed by atoms with E-state index >= 15 is 0 Å². The fourth-order valence-corrected chi connectivity index (χ4v) is 2.00. The average molecular weight is 222 g/mol. The van der Waals surface area contributed by atoms with Gasteiger partial charge in [-0.1, -0.05) is 19.8 Å². The smallest absolute Gasteiger partial charge is 0.154 e. The Bertz CT molecular complexity index is 260. The second kappa shape index (κ2) is 5.09. The Labute approximate surface area is 87.1 Å². The predicted octanol–water partition coefficient (Wildman–Crippen LogP) is 0.832. The fraction of sp³-hybridized carbons (Fsp3) is 1.00. The van der Waals surface area contributed by atoms with Crippen molar-refractivity contribution in [2.24, 2.45) is 5.84 Å². The average Bonchev–Trinajstić information content (AvgIpc) is 2.03. The van der Waals surface area contributed by atoms with Crippen LogP contribution in [0.15, 0.2) is 0 Å². The van der Waals surface area contributed by atoms with Crippen LogP contribution in [0.5, 0.6) is 0 Å². The quantitative estimate of drug-likeness (QED) is 0.516. The number of hydrogen-bond donors (Lipinski definition) is 2. The topological polar surface area (TPSA) is 72.2 Å². The summed E-state index contributed by atoms with van der Waals surface area (Å²) < 4.78 is 22.2. The van der Waals surface area contributed by atoms with Crippen LogP contribution in [0.25, 0.3) is 0 Å². The molecule has 0 amide bonds. The van der Waals surface area contributed by atoms with Crippen LogP contribution in [0.2, 0.25) is 0 Å². The highest BCUT2D eigenvalue weighted by atomic mass is 32.2. The van der Waals surface area contributed by atoms with E-state index in [0.29, 0.717) is 0 Å². The SMILES string of the molecule is CCCCC(NN)C(C)(C)S(C)(=O)=O. The summed E-state index contributed by atoms with van der Waals surface area (Å²) in [6.45, 7) is 5.49. The first-order valence-corrected chi connectivity index (χ1v) is 6.82. The lowest BCUT2D eigenvalue weighted by Crippen LogP contribution is -2.53. The van der Waals surface area contributed by atoms with Gasteiger partial charge in [0.2, 0.25) is 0 Å². The molecule has 0 aliphatic rings. The predicted molar refractivity (Wildman–Crippen MR) is 59.6 cm³/mol. The van der Waals surface area contributed by atoms with Crippen molar-refractivity contribution in [1.29, 1.82) is 0 Å². The van der Waals surface area contributed by atoms with E-state index in [2.05, 4.69) is 12.3 Å². The highest BCUT2D eigenvalue weighted by Crippen LogP contribution is 2.23. The number of unbranched alkanes of at least 4 members (excludes halogenated alkanes) is 1. The van der Waals surface area contributed by atoms with E-state index in [4.69, 9.17) is 5.84 Å². The Hall–Kier alpha value is -0.130. The van der Waals surface area contributed by atoms with Gasteiger partial charge in [-0.15, -0.1) is 0 Å². The summed E-state index contributed by atoms with van der Waals surface area (Å²) >= 11 is 0. The zero-order chi connectivity index (χ0) is 11.4. The van der Waals surface area contributed by atoms with Crippen molar-refractivity contribution >= 4 is 9.84 Å². The van der Waals surface area contributed by atoms with E-state index in [0.717, 1.165) is 19.3 Å². The fourth-order valence-electron chi connectivity index (χ4n) is 1.30. The summed E-state index contributed by atoms with van der Waals surface area (Å²) in [5, 5.41) is 0. The maximum Gasteiger partial charge on any atom is 0.154 e. The third-order valence-corrected chi connectivity index (χ3v) is 5.04. The van der Waals surface area contributed by atoms with Gasteiger partial charge in [-0.2, -0.15) is 0 Å². The van der Waals surface area contributed by atoms with Crippen molar-refractivity contribution < 1.29 is 8.42 Å². The van der Waals surface area contributed by atoms with Gasteiger partial charge in [-0.05, 0) is 20.3 Å². The first-order valence-electron chi connectivity index (χ1n) is 4.93. The number of nitrogens with one attached hydrogen (secondary N) is 1. The first kappa shape index (κ1) is 13.9. The van der Waals surface area contributed by atoms with Crippen molar-refractivity contribution in [3.05, 3.63) is 0 Å². The molecule has 0 saturated carbocycles. The van der Waals surface area contributed by atoms with E-state index in [9.17, 15) is 8.42 Å². The zero-order valence-electron chi connectivity index (χ0n) is 9.50. The Morgan fingerprint density at radius 2 is 1.93 bits per heavy atom. The van der Waals surface area contributed by atoms with Crippen LogP contribution in [0.4, 0.5) is 0 Å². The second-order valence-corrected chi connectivity index (χ2v) is 6.83. The van der Waals surface area contributed by atoms with Crippen molar-refractivity contribution in [3.8, 4) is 0 Å². The molecule has 14 heavy (non-hydrogen) atoms. The van der Waals surface area contributed by atoms with Crippen LogP contribution in [0, 0.1) is 0 Å². The van der Waals surface area contributed by atoms with E-state index in [1.165, 1.54) is 6.26 Å². The summed E-state index contributed by atoms with van der Waals surface area (Å²) in [4.78, 5) is 0. The van der Waals surface area contributed by atoms with Crippen molar-refractivity contribution in [2.45, 2.75) is 50.8 Å². The molecule has 0 aliphatic heterocycles. The molecule has 0 aliphatic carbocycles. The van der Waals surface area contributed by atoms with Gasteiger partial charge >= 0.3 is 0 Å². The van der Waals surface area contributed by atoms with Gasteiger partial charge in [0.05, 0.1) is 4.75 Å². The number of nitrogens with two attached hydrogens (primary N) is 1. The van der Waals surface area contributed by atoms with Gasteiger partial charge in [0.15, 0.2) is 9.84 Å². The van der Waals surface area contributed by atoms with Gasteiger partial charge in [0.1, 0.15) is 0 Å². The standard InChI is InChI=1S/C9H22N2O2S/c1-5-6-7-8(11-10)9(2,3)14(4,12)13/h8,11H,5-7,10H2,1-4H3. The van der Waals surface area contributed by atoms with Crippen LogP contribution in [0.1, 0.15) is 40.0 Å². The lowest BCUT2D eigenvalue weighted by molar-refractivity contribution is 0.385. The molecular weight excluding hydrogens is 200 g/mol. The van der Waals surface area contributed by atoms with Crippen LogP contribution >= 0.6 is 0 Å². The van der Waals surface area contributed by atoms with Gasteiger partial charge < -0.3 is 0 Å². The van der Waals surface area contributed by atoms with Crippen molar-refractivity contribution in [3.63, 3.8) is 0 Å². The molecule has 1 atom stereocenters. The summed E-state index contributed by atoms with van der Waals surface area (Å²) in [5.41, 5.74) is 2.60. The summed E-state index contributed by atoms with van der Waals surface area (Å²) in [7, 11) is -3.09. The lowest BCUT2D eigenvalue weighted by atomic mass is 9.98. The molecule has 0 aromatic carbocycles. The minimum Gasteiger partial charge on any atom is -0.271 e. The molecule has 1 unspecified atom stereocenters. The van der Waals surface area contributed by atoms with E-state index in [1.54, 1.807) is 13.8 Å². The molecule has 5 heteroatoms. The Kier molecular flexibility index (Phi) is 5.05. The third kappa shape index (κ3) is 3.22. The number of hydrogen-bond acceptors (Lipinski definition) is 4. The molecule has 86 valence electrons. The Balaban J connectivity index is 4.66. The monoisotopic (exact) mass is 222 g/mol. The molecule has 0 rings (SSSR count).